The van der Waals surface area contributed by atoms with Crippen molar-refractivity contribution in [1.82, 2.24) is 4.98 Å². The number of aromatic nitrogens is 1. The van der Waals surface area contributed by atoms with Gasteiger partial charge in [-0.3, -0.25) is 9.78 Å². The number of nitrogens with zero attached hydrogens (tertiary/aromatic N) is 1. The molecule has 0 spiro atoms. The summed E-state index contributed by atoms with van der Waals surface area (Å²) in [5, 5.41) is 11.6. The molecule has 2 N–H and O–H groups in total. The molecule has 5 nitrogen and oxygen atoms in total. The Bertz CT molecular complexity index is 691. The van der Waals surface area contributed by atoms with E-state index >= 15 is 0 Å². The second-order valence-electron chi connectivity index (χ2n) is 3.81. The lowest BCUT2D eigenvalue weighted by Crippen LogP contribution is -2.16. The molecule has 0 bridgehead atoms. The standard InChI is InChI=1S/C13H8ClFN2O3/c14-7-3-4-16-11(5-7)12(18)17-10-6-8(15)1-2-9(10)13(19)20/h1-6H,(H,17,18)(H,19,20). The van der Waals surface area contributed by atoms with Crippen LogP contribution < -0.4 is 5.32 Å². The lowest BCUT2D eigenvalue weighted by molar-refractivity contribution is 0.0698. The number of hydrogen-bond acceptors (Lipinski definition) is 3. The lowest BCUT2D eigenvalue weighted by atomic mass is 10.1. The number of carbonyl (C=O) groups is 2. The first-order chi connectivity index (χ1) is 9.47. The van der Waals surface area contributed by atoms with Gasteiger partial charge in [0.05, 0.1) is 11.3 Å². The second kappa shape index (κ2) is 5.66. The Kier molecular flexibility index (Phi) is 3.95. The Balaban J connectivity index is 2.32. The van der Waals surface area contributed by atoms with Gasteiger partial charge in [-0.05, 0) is 30.3 Å². The lowest BCUT2D eigenvalue weighted by Gasteiger charge is -2.08. The van der Waals surface area contributed by atoms with E-state index in [1.807, 2.05) is 0 Å². The maximum atomic E-state index is 13.1. The smallest absolute Gasteiger partial charge is 0.337 e. The fourth-order valence-corrected chi connectivity index (χ4v) is 1.68. The average Bonchev–Trinajstić information content (AvgIpc) is 2.38. The topological polar surface area (TPSA) is 79.3 Å². The molecule has 1 amide bonds. The van der Waals surface area contributed by atoms with E-state index in [1.54, 1.807) is 0 Å². The molecule has 7 heteroatoms. The number of halogens is 2. The number of carboxylic acids is 1. The van der Waals surface area contributed by atoms with E-state index in [-0.39, 0.29) is 16.9 Å². The third-order valence-electron chi connectivity index (χ3n) is 2.41. The van der Waals surface area contributed by atoms with Crippen LogP contribution in [0.3, 0.4) is 0 Å². The number of carboxylic acid groups (broad SMARTS) is 1. The van der Waals surface area contributed by atoms with Crippen LogP contribution in [-0.2, 0) is 0 Å². The van der Waals surface area contributed by atoms with Crippen molar-refractivity contribution >= 4 is 29.2 Å². The van der Waals surface area contributed by atoms with E-state index in [1.165, 1.54) is 18.3 Å². The summed E-state index contributed by atoms with van der Waals surface area (Å²) in [6.45, 7) is 0. The Labute approximate surface area is 118 Å². The number of aromatic carboxylic acids is 1. The molecule has 0 saturated carbocycles. The minimum atomic E-state index is -1.28. The molecule has 20 heavy (non-hydrogen) atoms. The highest BCUT2D eigenvalue weighted by Crippen LogP contribution is 2.18. The van der Waals surface area contributed by atoms with Crippen molar-refractivity contribution in [3.05, 3.63) is 58.6 Å². The maximum Gasteiger partial charge on any atom is 0.337 e. The van der Waals surface area contributed by atoms with Crippen LogP contribution in [0, 0.1) is 5.82 Å². The number of pyridine rings is 1. The number of amides is 1. The summed E-state index contributed by atoms with van der Waals surface area (Å²) >= 11 is 5.72. The zero-order valence-corrected chi connectivity index (χ0v) is 10.7. The van der Waals surface area contributed by atoms with Crippen LogP contribution in [0.25, 0.3) is 0 Å². The first-order valence-electron chi connectivity index (χ1n) is 5.43. The monoisotopic (exact) mass is 294 g/mol. The van der Waals surface area contributed by atoms with E-state index in [0.29, 0.717) is 5.02 Å². The van der Waals surface area contributed by atoms with Crippen molar-refractivity contribution < 1.29 is 19.1 Å². The van der Waals surface area contributed by atoms with E-state index in [0.717, 1.165) is 18.2 Å². The van der Waals surface area contributed by atoms with Crippen LogP contribution in [-0.4, -0.2) is 22.0 Å². The molecule has 0 aliphatic carbocycles. The van der Waals surface area contributed by atoms with Gasteiger partial charge in [0.1, 0.15) is 11.5 Å². The summed E-state index contributed by atoms with van der Waals surface area (Å²) in [6.07, 6.45) is 1.33. The number of benzene rings is 1. The highest BCUT2D eigenvalue weighted by Gasteiger charge is 2.15. The molecule has 0 fully saturated rings. The molecular weight excluding hydrogens is 287 g/mol. The molecule has 1 aromatic carbocycles. The molecule has 2 rings (SSSR count). The quantitative estimate of drug-likeness (QED) is 0.912. The van der Waals surface area contributed by atoms with Crippen LogP contribution in [0.5, 0.6) is 0 Å². The zero-order chi connectivity index (χ0) is 14.7. The molecule has 2 aromatic rings. The molecule has 102 valence electrons. The summed E-state index contributed by atoms with van der Waals surface area (Å²) in [6, 6.07) is 5.79. The number of anilines is 1. The second-order valence-corrected chi connectivity index (χ2v) is 4.24. The predicted molar refractivity (Wildman–Crippen MR) is 70.6 cm³/mol. The van der Waals surface area contributed by atoms with Gasteiger partial charge in [0.25, 0.3) is 5.91 Å². The van der Waals surface area contributed by atoms with Crippen LogP contribution in [0.15, 0.2) is 36.5 Å². The van der Waals surface area contributed by atoms with Crippen molar-refractivity contribution in [3.8, 4) is 0 Å². The van der Waals surface area contributed by atoms with Crippen molar-refractivity contribution in [2.24, 2.45) is 0 Å². The van der Waals surface area contributed by atoms with Crippen LogP contribution >= 0.6 is 11.6 Å². The minimum absolute atomic E-state index is 0.00176. The number of carbonyl (C=O) groups excluding carboxylic acids is 1. The van der Waals surface area contributed by atoms with Gasteiger partial charge in [-0.25, -0.2) is 9.18 Å². The molecule has 0 atom stereocenters. The Morgan fingerprint density at radius 1 is 1.25 bits per heavy atom. The third-order valence-corrected chi connectivity index (χ3v) is 2.65. The van der Waals surface area contributed by atoms with Crippen LogP contribution in [0.1, 0.15) is 20.8 Å². The zero-order valence-electron chi connectivity index (χ0n) is 9.93. The van der Waals surface area contributed by atoms with E-state index in [9.17, 15) is 14.0 Å². The number of hydrogen-bond donors (Lipinski definition) is 2. The SMILES string of the molecule is O=C(Nc1cc(F)ccc1C(=O)O)c1cc(Cl)ccn1. The third kappa shape index (κ3) is 3.10. The molecule has 0 saturated heterocycles. The fourth-order valence-electron chi connectivity index (χ4n) is 1.52. The van der Waals surface area contributed by atoms with Gasteiger partial charge in [0.2, 0.25) is 0 Å². The van der Waals surface area contributed by atoms with Gasteiger partial charge >= 0.3 is 5.97 Å². The van der Waals surface area contributed by atoms with Crippen molar-refractivity contribution in [3.63, 3.8) is 0 Å². The summed E-state index contributed by atoms with van der Waals surface area (Å²) in [4.78, 5) is 26.7. The van der Waals surface area contributed by atoms with Gasteiger partial charge in [0.15, 0.2) is 0 Å². The van der Waals surface area contributed by atoms with E-state index in [4.69, 9.17) is 16.7 Å². The number of rotatable bonds is 3. The summed E-state index contributed by atoms with van der Waals surface area (Å²) in [5.74, 6) is -2.62. The largest absolute Gasteiger partial charge is 0.478 e. The fraction of sp³-hybridized carbons (Fsp3) is 0. The highest BCUT2D eigenvalue weighted by molar-refractivity contribution is 6.31. The van der Waals surface area contributed by atoms with E-state index in [2.05, 4.69) is 10.3 Å². The average molecular weight is 295 g/mol. The van der Waals surface area contributed by atoms with Crippen molar-refractivity contribution in [2.45, 2.75) is 0 Å². The minimum Gasteiger partial charge on any atom is -0.478 e. The normalized spacial score (nSPS) is 10.1. The van der Waals surface area contributed by atoms with Crippen molar-refractivity contribution in [2.75, 3.05) is 5.32 Å². The van der Waals surface area contributed by atoms with E-state index < -0.39 is 17.7 Å². The Morgan fingerprint density at radius 2 is 2.00 bits per heavy atom. The first kappa shape index (κ1) is 14.0. The Morgan fingerprint density at radius 3 is 2.65 bits per heavy atom. The highest BCUT2D eigenvalue weighted by atomic mass is 35.5. The van der Waals surface area contributed by atoms with Crippen LogP contribution in [0.2, 0.25) is 5.02 Å². The van der Waals surface area contributed by atoms with Gasteiger partial charge in [-0.2, -0.15) is 0 Å². The molecule has 1 heterocycles. The summed E-state index contributed by atoms with van der Waals surface area (Å²) in [7, 11) is 0. The van der Waals surface area contributed by atoms with Crippen molar-refractivity contribution in [1.29, 1.82) is 0 Å². The van der Waals surface area contributed by atoms with Gasteiger partial charge < -0.3 is 10.4 Å². The Hall–Kier alpha value is -2.47. The predicted octanol–water partition coefficient (Wildman–Crippen LogP) is 2.82. The molecular formula is C13H8ClFN2O3. The number of nitrogens with one attached hydrogen (secondary N) is 1. The van der Waals surface area contributed by atoms with Gasteiger partial charge in [0, 0.05) is 11.2 Å². The molecule has 0 aliphatic rings. The molecule has 1 aromatic heterocycles. The molecule has 0 radical (unpaired) electrons. The molecule has 0 aliphatic heterocycles. The van der Waals surface area contributed by atoms with Crippen LogP contribution in [0.4, 0.5) is 10.1 Å². The summed E-state index contributed by atoms with van der Waals surface area (Å²) in [5.41, 5.74) is -0.371. The molecule has 0 unspecified atom stereocenters. The van der Waals surface area contributed by atoms with Gasteiger partial charge in [-0.1, -0.05) is 11.6 Å². The summed E-state index contributed by atoms with van der Waals surface area (Å²) < 4.78 is 13.1. The van der Waals surface area contributed by atoms with Gasteiger partial charge in [-0.15, -0.1) is 0 Å². The first-order valence-corrected chi connectivity index (χ1v) is 5.81. The maximum absolute atomic E-state index is 13.1.